The summed E-state index contributed by atoms with van der Waals surface area (Å²) in [6.07, 6.45) is -3.75. The second-order valence-corrected chi connectivity index (χ2v) is 7.48. The molecule has 29 heavy (non-hydrogen) atoms. The zero-order valence-electron chi connectivity index (χ0n) is 14.8. The summed E-state index contributed by atoms with van der Waals surface area (Å²) < 4.78 is 43.7. The monoisotopic (exact) mass is 467 g/mol. The Morgan fingerprint density at radius 1 is 1.03 bits per heavy atom. The number of alkyl halides is 3. The molecule has 1 amide bonds. The van der Waals surface area contributed by atoms with Crippen molar-refractivity contribution < 1.29 is 22.7 Å². The predicted molar refractivity (Wildman–Crippen MR) is 105 cm³/mol. The van der Waals surface area contributed by atoms with Crippen LogP contribution in [0.15, 0.2) is 30.5 Å². The van der Waals surface area contributed by atoms with Crippen LogP contribution >= 0.6 is 34.8 Å². The van der Waals surface area contributed by atoms with Crippen LogP contribution in [0.2, 0.25) is 15.1 Å². The van der Waals surface area contributed by atoms with E-state index < -0.39 is 11.7 Å². The lowest BCUT2D eigenvalue weighted by Gasteiger charge is -2.35. The fourth-order valence-corrected chi connectivity index (χ4v) is 3.36. The molecule has 0 aliphatic carbocycles. The molecule has 2 heterocycles. The molecule has 11 heteroatoms. The Hall–Kier alpha value is -1.90. The van der Waals surface area contributed by atoms with Crippen molar-refractivity contribution in [3.05, 3.63) is 51.1 Å². The van der Waals surface area contributed by atoms with E-state index in [1.807, 2.05) is 0 Å². The van der Waals surface area contributed by atoms with E-state index in [0.717, 1.165) is 12.3 Å². The number of pyridine rings is 1. The van der Waals surface area contributed by atoms with Crippen molar-refractivity contribution in [2.45, 2.75) is 6.18 Å². The molecule has 0 unspecified atom stereocenters. The van der Waals surface area contributed by atoms with E-state index in [4.69, 9.17) is 39.5 Å². The van der Waals surface area contributed by atoms with Crippen LogP contribution in [0.3, 0.4) is 0 Å². The molecule has 2 aromatic rings. The largest absolute Gasteiger partial charge is 0.484 e. The Morgan fingerprint density at radius 3 is 2.31 bits per heavy atom. The summed E-state index contributed by atoms with van der Waals surface area (Å²) in [5.74, 6) is 0.466. The number of hydrogen-bond donors (Lipinski definition) is 0. The molecule has 1 fully saturated rings. The summed E-state index contributed by atoms with van der Waals surface area (Å²) in [4.78, 5) is 19.5. The normalized spacial score (nSPS) is 14.8. The average Bonchev–Trinajstić information content (AvgIpc) is 2.68. The van der Waals surface area contributed by atoms with Crippen molar-refractivity contribution >= 4 is 46.5 Å². The van der Waals surface area contributed by atoms with Crippen molar-refractivity contribution in [3.63, 3.8) is 0 Å². The average molecular weight is 469 g/mol. The van der Waals surface area contributed by atoms with Crippen LogP contribution in [0.4, 0.5) is 19.0 Å². The Morgan fingerprint density at radius 2 is 1.72 bits per heavy atom. The van der Waals surface area contributed by atoms with E-state index in [2.05, 4.69) is 4.98 Å². The highest BCUT2D eigenvalue weighted by molar-refractivity contribution is 6.42. The summed E-state index contributed by atoms with van der Waals surface area (Å²) in [6.45, 7) is 1.33. The molecule has 0 radical (unpaired) electrons. The third kappa shape index (κ3) is 5.38. The van der Waals surface area contributed by atoms with Crippen LogP contribution in [0.5, 0.6) is 5.75 Å². The van der Waals surface area contributed by atoms with Crippen LogP contribution < -0.4 is 9.64 Å². The predicted octanol–water partition coefficient (Wildman–Crippen LogP) is 4.79. The summed E-state index contributed by atoms with van der Waals surface area (Å²) in [5, 5.41) is 0.630. The number of aromatic nitrogens is 1. The van der Waals surface area contributed by atoms with Gasteiger partial charge in [0.25, 0.3) is 5.91 Å². The maximum absolute atomic E-state index is 12.7. The fourth-order valence-electron chi connectivity index (χ4n) is 2.79. The molecule has 1 aromatic carbocycles. The molecule has 5 nitrogen and oxygen atoms in total. The van der Waals surface area contributed by atoms with Crippen molar-refractivity contribution in [1.82, 2.24) is 9.88 Å². The van der Waals surface area contributed by atoms with E-state index in [9.17, 15) is 18.0 Å². The van der Waals surface area contributed by atoms with Gasteiger partial charge in [-0.15, -0.1) is 0 Å². The molecule has 156 valence electrons. The van der Waals surface area contributed by atoms with E-state index >= 15 is 0 Å². The molecular formula is C18H15Cl3F3N3O2. The minimum atomic E-state index is -4.51. The summed E-state index contributed by atoms with van der Waals surface area (Å²) in [6, 6.07) is 5.56. The molecule has 0 saturated carbocycles. The minimum Gasteiger partial charge on any atom is -0.484 e. The van der Waals surface area contributed by atoms with Gasteiger partial charge in [-0.25, -0.2) is 4.98 Å². The number of hydrogen-bond acceptors (Lipinski definition) is 4. The topological polar surface area (TPSA) is 45.7 Å². The van der Waals surface area contributed by atoms with Crippen molar-refractivity contribution in [2.24, 2.45) is 0 Å². The molecule has 1 aliphatic heterocycles. The van der Waals surface area contributed by atoms with Gasteiger partial charge in [0.05, 0.1) is 20.6 Å². The van der Waals surface area contributed by atoms with E-state index in [1.165, 1.54) is 6.07 Å². The van der Waals surface area contributed by atoms with Gasteiger partial charge in [-0.2, -0.15) is 13.2 Å². The number of nitrogens with zero attached hydrogens (tertiary/aromatic N) is 3. The highest BCUT2D eigenvalue weighted by Crippen LogP contribution is 2.33. The van der Waals surface area contributed by atoms with Gasteiger partial charge in [-0.1, -0.05) is 34.8 Å². The molecule has 1 aliphatic rings. The molecule has 0 atom stereocenters. The number of carbonyl (C=O) groups is 1. The number of carbonyl (C=O) groups excluding carboxylic acids is 1. The van der Waals surface area contributed by atoms with Crippen LogP contribution in [-0.4, -0.2) is 48.6 Å². The molecule has 1 saturated heterocycles. The van der Waals surface area contributed by atoms with Crippen LogP contribution in [0.25, 0.3) is 0 Å². The summed E-state index contributed by atoms with van der Waals surface area (Å²) in [5.41, 5.74) is -0.903. The first kappa shape index (κ1) is 21.8. The summed E-state index contributed by atoms with van der Waals surface area (Å²) in [7, 11) is 0. The van der Waals surface area contributed by atoms with Gasteiger partial charge in [0, 0.05) is 38.4 Å². The smallest absolute Gasteiger partial charge is 0.417 e. The van der Waals surface area contributed by atoms with Gasteiger partial charge in [0.2, 0.25) is 0 Å². The number of benzene rings is 1. The van der Waals surface area contributed by atoms with Crippen molar-refractivity contribution in [1.29, 1.82) is 0 Å². The number of ether oxygens (including phenoxy) is 1. The molecule has 0 spiro atoms. The first-order chi connectivity index (χ1) is 13.6. The van der Waals surface area contributed by atoms with Gasteiger partial charge in [0.1, 0.15) is 11.6 Å². The number of halogens is 6. The Bertz CT molecular complexity index is 904. The minimum absolute atomic E-state index is 0.0810. The van der Waals surface area contributed by atoms with Crippen molar-refractivity contribution in [2.75, 3.05) is 37.7 Å². The Balaban J connectivity index is 1.54. The Kier molecular flexibility index (Phi) is 6.65. The van der Waals surface area contributed by atoms with Gasteiger partial charge in [0.15, 0.2) is 6.61 Å². The maximum Gasteiger partial charge on any atom is 0.417 e. The number of piperazine rings is 1. The first-order valence-corrected chi connectivity index (χ1v) is 9.62. The SMILES string of the molecule is O=C(COc1ccc(Cl)c(Cl)c1)N1CCN(c2ncc(C(F)(F)F)cc2Cl)CC1. The lowest BCUT2D eigenvalue weighted by molar-refractivity contribution is -0.138. The molecule has 0 bridgehead atoms. The molecule has 0 N–H and O–H groups in total. The zero-order chi connectivity index (χ0) is 21.2. The molecule has 1 aromatic heterocycles. The third-order valence-electron chi connectivity index (χ3n) is 4.33. The van der Waals surface area contributed by atoms with Gasteiger partial charge < -0.3 is 14.5 Å². The number of anilines is 1. The van der Waals surface area contributed by atoms with Crippen LogP contribution in [0, 0.1) is 0 Å². The highest BCUT2D eigenvalue weighted by atomic mass is 35.5. The van der Waals surface area contributed by atoms with Gasteiger partial charge in [-0.3, -0.25) is 4.79 Å². The fraction of sp³-hybridized carbons (Fsp3) is 0.333. The van der Waals surface area contributed by atoms with E-state index in [-0.39, 0.29) is 23.4 Å². The maximum atomic E-state index is 12.7. The van der Waals surface area contributed by atoms with Gasteiger partial charge in [-0.05, 0) is 18.2 Å². The quantitative estimate of drug-likeness (QED) is 0.647. The lowest BCUT2D eigenvalue weighted by Crippen LogP contribution is -2.50. The van der Waals surface area contributed by atoms with Crippen LogP contribution in [0.1, 0.15) is 5.56 Å². The third-order valence-corrected chi connectivity index (χ3v) is 5.35. The first-order valence-electron chi connectivity index (χ1n) is 8.48. The standard InChI is InChI=1S/C18H15Cl3F3N3O2/c19-13-2-1-12(8-14(13)20)29-10-16(28)26-3-5-27(6-4-26)17-15(21)7-11(9-25-17)18(22,23)24/h1-2,7-9H,3-6,10H2. The zero-order valence-corrected chi connectivity index (χ0v) is 17.1. The molecule has 3 rings (SSSR count). The summed E-state index contributed by atoms with van der Waals surface area (Å²) >= 11 is 17.7. The molecular weight excluding hydrogens is 454 g/mol. The van der Waals surface area contributed by atoms with E-state index in [0.29, 0.717) is 42.0 Å². The highest BCUT2D eigenvalue weighted by Gasteiger charge is 2.32. The van der Waals surface area contributed by atoms with Crippen LogP contribution in [-0.2, 0) is 11.0 Å². The lowest BCUT2D eigenvalue weighted by atomic mass is 10.2. The number of rotatable bonds is 4. The second-order valence-electron chi connectivity index (χ2n) is 6.26. The van der Waals surface area contributed by atoms with E-state index in [1.54, 1.807) is 21.9 Å². The Labute approximate surface area is 179 Å². The number of amides is 1. The second kappa shape index (κ2) is 8.85. The van der Waals surface area contributed by atoms with Gasteiger partial charge >= 0.3 is 6.18 Å². The van der Waals surface area contributed by atoms with Crippen molar-refractivity contribution in [3.8, 4) is 5.75 Å².